The highest BCUT2D eigenvalue weighted by Gasteiger charge is 2.33. The third-order valence-electron chi connectivity index (χ3n) is 5.49. The van der Waals surface area contributed by atoms with Gasteiger partial charge in [-0.2, -0.15) is 0 Å². The Kier molecular flexibility index (Phi) is 7.14. The number of hydrogen-bond acceptors (Lipinski definition) is 5. The van der Waals surface area contributed by atoms with E-state index in [1.54, 1.807) is 23.1 Å². The van der Waals surface area contributed by atoms with Crippen LogP contribution in [0, 0.1) is 20.8 Å². The van der Waals surface area contributed by atoms with Crippen molar-refractivity contribution in [1.29, 1.82) is 0 Å². The summed E-state index contributed by atoms with van der Waals surface area (Å²) < 4.78 is 6.19. The second-order valence-electron chi connectivity index (χ2n) is 8.01. The Morgan fingerprint density at radius 3 is 2.56 bits per heavy atom. The van der Waals surface area contributed by atoms with Crippen LogP contribution in [-0.4, -0.2) is 22.7 Å². The highest BCUT2D eigenvalue weighted by Crippen LogP contribution is 2.36. The van der Waals surface area contributed by atoms with Gasteiger partial charge in [0.15, 0.2) is 10.9 Å². The highest BCUT2D eigenvalue weighted by molar-refractivity contribution is 8.27. The van der Waals surface area contributed by atoms with Gasteiger partial charge in [-0.3, -0.25) is 14.5 Å². The Labute approximate surface area is 208 Å². The summed E-state index contributed by atoms with van der Waals surface area (Å²) >= 11 is 6.72. The van der Waals surface area contributed by atoms with Crippen LogP contribution in [0.2, 0.25) is 0 Å². The van der Waals surface area contributed by atoms with Gasteiger partial charge in [-0.25, -0.2) is 0 Å². The van der Waals surface area contributed by atoms with Gasteiger partial charge in [-0.15, -0.1) is 0 Å². The van der Waals surface area contributed by atoms with E-state index >= 15 is 0 Å². The number of nitrogens with zero attached hydrogens (tertiary/aromatic N) is 1. The molecule has 1 fully saturated rings. The molecule has 0 bridgehead atoms. The van der Waals surface area contributed by atoms with Crippen LogP contribution in [-0.2, 0) is 9.59 Å². The molecule has 5 nitrogen and oxygen atoms in total. The van der Waals surface area contributed by atoms with Crippen LogP contribution in [0.4, 0.5) is 11.4 Å². The van der Waals surface area contributed by atoms with Crippen LogP contribution in [0.3, 0.4) is 0 Å². The van der Waals surface area contributed by atoms with E-state index in [9.17, 15) is 9.59 Å². The van der Waals surface area contributed by atoms with Gasteiger partial charge in [0.1, 0.15) is 5.75 Å². The predicted molar refractivity (Wildman–Crippen MR) is 143 cm³/mol. The lowest BCUT2D eigenvalue weighted by Gasteiger charge is -2.14. The van der Waals surface area contributed by atoms with Gasteiger partial charge in [0.2, 0.25) is 0 Å². The second kappa shape index (κ2) is 10.2. The first-order chi connectivity index (χ1) is 16.3. The van der Waals surface area contributed by atoms with Crippen LogP contribution in [0.25, 0.3) is 6.08 Å². The van der Waals surface area contributed by atoms with Crippen molar-refractivity contribution >= 4 is 57.6 Å². The average molecular weight is 489 g/mol. The number of thiocarbonyl (C=S) groups is 1. The van der Waals surface area contributed by atoms with Crippen molar-refractivity contribution in [2.75, 3.05) is 16.8 Å². The molecule has 1 aliphatic rings. The first-order valence-electron chi connectivity index (χ1n) is 10.8. The SMILES string of the molecule is Cc1ccc(N2C(=O)/C(=C/c3cccc(OCC(=O)Nc4cccc(C)c4C)c3)SC2=S)cc1. The topological polar surface area (TPSA) is 58.6 Å². The summed E-state index contributed by atoms with van der Waals surface area (Å²) in [5, 5.41) is 2.89. The quantitative estimate of drug-likeness (QED) is 0.339. The third-order valence-corrected chi connectivity index (χ3v) is 6.79. The second-order valence-corrected chi connectivity index (χ2v) is 9.69. The van der Waals surface area contributed by atoms with Crippen LogP contribution in [0.15, 0.2) is 71.6 Å². The predicted octanol–water partition coefficient (Wildman–Crippen LogP) is 6.04. The molecule has 0 radical (unpaired) electrons. The number of rotatable bonds is 6. The Morgan fingerprint density at radius 2 is 1.79 bits per heavy atom. The molecule has 4 rings (SSSR count). The summed E-state index contributed by atoms with van der Waals surface area (Å²) in [5.74, 6) is 0.148. The van der Waals surface area contributed by atoms with Crippen molar-refractivity contribution < 1.29 is 14.3 Å². The fraction of sp³-hybridized carbons (Fsp3) is 0.148. The zero-order valence-corrected chi connectivity index (χ0v) is 20.8. The molecule has 0 saturated carbocycles. The maximum absolute atomic E-state index is 13.0. The molecular formula is C27H24N2O3S2. The van der Waals surface area contributed by atoms with Crippen molar-refractivity contribution in [1.82, 2.24) is 0 Å². The average Bonchev–Trinajstić information content (AvgIpc) is 3.09. The molecule has 0 atom stereocenters. The molecule has 3 aromatic carbocycles. The molecule has 0 spiro atoms. The summed E-state index contributed by atoms with van der Waals surface area (Å²) in [5.41, 5.74) is 5.57. The van der Waals surface area contributed by atoms with Gasteiger partial charge in [0.05, 0.1) is 10.6 Å². The van der Waals surface area contributed by atoms with E-state index in [1.807, 2.05) is 75.4 Å². The number of carbonyl (C=O) groups excluding carboxylic acids is 2. The smallest absolute Gasteiger partial charge is 0.270 e. The van der Waals surface area contributed by atoms with Gasteiger partial charge >= 0.3 is 0 Å². The number of carbonyl (C=O) groups is 2. The molecule has 7 heteroatoms. The van der Waals surface area contributed by atoms with Gasteiger partial charge in [0.25, 0.3) is 11.8 Å². The van der Waals surface area contributed by atoms with E-state index in [4.69, 9.17) is 17.0 Å². The molecule has 1 heterocycles. The Bertz CT molecular complexity index is 1300. The van der Waals surface area contributed by atoms with E-state index in [1.165, 1.54) is 11.8 Å². The van der Waals surface area contributed by atoms with Gasteiger partial charge in [0, 0.05) is 5.69 Å². The minimum Gasteiger partial charge on any atom is -0.484 e. The van der Waals surface area contributed by atoms with Crippen molar-refractivity contribution in [3.8, 4) is 5.75 Å². The number of hydrogen-bond donors (Lipinski definition) is 1. The largest absolute Gasteiger partial charge is 0.484 e. The lowest BCUT2D eigenvalue weighted by Crippen LogP contribution is -2.27. The first-order valence-corrected chi connectivity index (χ1v) is 12.0. The monoisotopic (exact) mass is 488 g/mol. The molecule has 3 aromatic rings. The number of anilines is 2. The van der Waals surface area contributed by atoms with Crippen LogP contribution in [0.1, 0.15) is 22.3 Å². The fourth-order valence-electron chi connectivity index (χ4n) is 3.45. The minimum atomic E-state index is -0.238. The van der Waals surface area contributed by atoms with Crippen LogP contribution < -0.4 is 15.0 Å². The molecule has 2 amide bonds. The molecule has 1 saturated heterocycles. The van der Waals surface area contributed by atoms with Crippen molar-refractivity contribution in [3.63, 3.8) is 0 Å². The number of benzene rings is 3. The van der Waals surface area contributed by atoms with Gasteiger partial charge in [-0.1, -0.05) is 65.9 Å². The zero-order valence-electron chi connectivity index (χ0n) is 19.1. The first kappa shape index (κ1) is 23.7. The lowest BCUT2D eigenvalue weighted by molar-refractivity contribution is -0.118. The Hall–Kier alpha value is -3.42. The maximum atomic E-state index is 13.0. The molecule has 0 unspecified atom stereocenters. The number of ether oxygens (including phenoxy) is 1. The Morgan fingerprint density at radius 1 is 1.06 bits per heavy atom. The number of aryl methyl sites for hydroxylation is 2. The van der Waals surface area contributed by atoms with Gasteiger partial charge in [-0.05, 0) is 73.9 Å². The molecule has 172 valence electrons. The third kappa shape index (κ3) is 5.38. The zero-order chi connectivity index (χ0) is 24.2. The lowest BCUT2D eigenvalue weighted by atomic mass is 10.1. The van der Waals surface area contributed by atoms with Crippen LogP contribution >= 0.6 is 24.0 Å². The summed E-state index contributed by atoms with van der Waals surface area (Å²) in [6.07, 6.45) is 1.79. The molecule has 1 aliphatic heterocycles. The summed E-state index contributed by atoms with van der Waals surface area (Å²) in [4.78, 5) is 27.4. The van der Waals surface area contributed by atoms with E-state index in [0.717, 1.165) is 33.6 Å². The molecule has 34 heavy (non-hydrogen) atoms. The van der Waals surface area contributed by atoms with E-state index in [0.29, 0.717) is 15.0 Å². The van der Waals surface area contributed by atoms with Crippen molar-refractivity contribution in [3.05, 3.63) is 93.9 Å². The van der Waals surface area contributed by atoms with Crippen LogP contribution in [0.5, 0.6) is 5.75 Å². The molecule has 0 aromatic heterocycles. The summed E-state index contributed by atoms with van der Waals surface area (Å²) in [7, 11) is 0. The van der Waals surface area contributed by atoms with E-state index in [-0.39, 0.29) is 18.4 Å². The summed E-state index contributed by atoms with van der Waals surface area (Å²) in [6, 6.07) is 20.7. The number of nitrogens with one attached hydrogen (secondary N) is 1. The minimum absolute atomic E-state index is 0.119. The van der Waals surface area contributed by atoms with Gasteiger partial charge < -0.3 is 10.1 Å². The molecule has 1 N–H and O–H groups in total. The van der Waals surface area contributed by atoms with Crippen molar-refractivity contribution in [2.24, 2.45) is 0 Å². The molecular weight excluding hydrogens is 464 g/mol. The standard InChI is InChI=1S/C27H24N2O3S2/c1-17-10-12-21(13-11-17)29-26(31)24(34-27(29)33)15-20-7-5-8-22(14-20)32-16-25(30)28-23-9-4-6-18(2)19(23)3/h4-15H,16H2,1-3H3,(H,28,30)/b24-15-. The normalized spacial score (nSPS) is 14.6. The van der Waals surface area contributed by atoms with E-state index < -0.39 is 0 Å². The number of amides is 2. The summed E-state index contributed by atoms with van der Waals surface area (Å²) in [6.45, 7) is 5.85. The highest BCUT2D eigenvalue weighted by atomic mass is 32.2. The van der Waals surface area contributed by atoms with E-state index in [2.05, 4.69) is 5.32 Å². The Balaban J connectivity index is 1.42. The fourth-order valence-corrected chi connectivity index (χ4v) is 4.75. The van der Waals surface area contributed by atoms with Crippen molar-refractivity contribution in [2.45, 2.75) is 20.8 Å². The number of thioether (sulfide) groups is 1. The maximum Gasteiger partial charge on any atom is 0.270 e. The molecule has 0 aliphatic carbocycles.